The molecule has 0 aliphatic rings. The second kappa shape index (κ2) is 12.6. The van der Waals surface area contributed by atoms with Crippen LogP contribution in [0.4, 0.5) is 5.69 Å². The first-order valence-electron chi connectivity index (χ1n) is 7.36. The van der Waals surface area contributed by atoms with E-state index in [2.05, 4.69) is 58.1 Å². The molecule has 1 rings (SSSR count). The third-order valence-corrected chi connectivity index (χ3v) is 3.13. The van der Waals surface area contributed by atoms with E-state index >= 15 is 0 Å². The molecular weight excluding hydrogens is 394 g/mol. The van der Waals surface area contributed by atoms with Crippen molar-refractivity contribution < 1.29 is 86.6 Å². The van der Waals surface area contributed by atoms with Crippen LogP contribution in [0.25, 0.3) is 0 Å². The summed E-state index contributed by atoms with van der Waals surface area (Å²) in [5.41, 5.74) is 2.98. The molecule has 11 heteroatoms. The number of amides is 1. The van der Waals surface area contributed by atoms with E-state index in [1.807, 2.05) is 12.1 Å². The molecule has 0 saturated carbocycles. The summed E-state index contributed by atoms with van der Waals surface area (Å²) in [4.78, 5) is 11.6. The molecule has 0 radical (unpaired) electrons. The van der Waals surface area contributed by atoms with Crippen LogP contribution in [-0.4, -0.2) is 34.9 Å². The Balaban J connectivity index is -0.000000729. The Morgan fingerprint density at radius 2 is 1.52 bits per heavy atom. The van der Waals surface area contributed by atoms with Crippen LogP contribution in [-0.2, 0) is 26.0 Å². The van der Waals surface area contributed by atoms with Gasteiger partial charge in [-0.2, -0.15) is 0 Å². The first-order chi connectivity index (χ1) is 11.1. The first kappa shape index (κ1) is 31.7. The number of hydrogen-bond acceptors (Lipinski definition) is 7. The zero-order valence-electron chi connectivity index (χ0n) is 17.2. The van der Waals surface area contributed by atoms with Crippen molar-refractivity contribution in [2.45, 2.75) is 52.4 Å². The van der Waals surface area contributed by atoms with Gasteiger partial charge in [0.2, 0.25) is 0 Å². The van der Waals surface area contributed by atoms with Crippen LogP contribution >= 0.6 is 0 Å². The normalized spacial score (nSPS) is 11.6. The topological polar surface area (TPSA) is 142 Å². The van der Waals surface area contributed by atoms with E-state index in [1.165, 1.54) is 5.56 Å². The second-order valence-corrected chi connectivity index (χ2v) is 8.22. The fourth-order valence-corrected chi connectivity index (χ4v) is 1.96. The fourth-order valence-electron chi connectivity index (χ4n) is 1.96. The summed E-state index contributed by atoms with van der Waals surface area (Å²) in [5, 5.41) is 13.9. The van der Waals surface area contributed by atoms with Crippen LogP contribution in [0.15, 0.2) is 23.4 Å². The number of rotatable bonds is 2. The third kappa shape index (κ3) is 14.7. The number of oxime groups is 1. The monoisotopic (exact) mass is 418 g/mol. The zero-order chi connectivity index (χ0) is 20.1. The van der Waals surface area contributed by atoms with Gasteiger partial charge < -0.3 is 19.6 Å². The molecule has 1 aromatic carbocycles. The van der Waals surface area contributed by atoms with Crippen LogP contribution in [0.2, 0.25) is 0 Å². The molecule has 0 aromatic heterocycles. The standard InChI is InChI=1S/C16H24N2O2.2Na.H2O4S/c1-15(2,3)11-7-8-13(18-14(19)10-17-20)12(9-11)16(4,5)6;;;1-5(2,3)4/h7-10,20H,1-6H3,(H,18,19);;;(H2,1,2,3,4)/q;2*+1;/p-2/b17-10+;;;. The van der Waals surface area contributed by atoms with Gasteiger partial charge in [-0.1, -0.05) is 58.8 Å². The molecule has 142 valence electrons. The Bertz CT molecular complexity index is 730. The molecule has 2 N–H and O–H groups in total. The van der Waals surface area contributed by atoms with Crippen molar-refractivity contribution in [3.63, 3.8) is 0 Å². The average molecular weight is 418 g/mol. The molecule has 0 bridgehead atoms. The molecule has 0 aliphatic carbocycles. The van der Waals surface area contributed by atoms with Gasteiger partial charge in [-0.15, -0.1) is 0 Å². The van der Waals surface area contributed by atoms with Gasteiger partial charge in [-0.05, 0) is 28.0 Å². The van der Waals surface area contributed by atoms with E-state index in [0.29, 0.717) is 0 Å². The van der Waals surface area contributed by atoms with Gasteiger partial charge >= 0.3 is 59.1 Å². The average Bonchev–Trinajstić information content (AvgIpc) is 2.34. The molecule has 0 aliphatic heterocycles. The number of nitrogens with zero attached hydrogens (tertiary/aromatic N) is 1. The molecule has 1 aromatic rings. The summed E-state index contributed by atoms with van der Waals surface area (Å²) in [7, 11) is -5.17. The Morgan fingerprint density at radius 1 is 1.07 bits per heavy atom. The van der Waals surface area contributed by atoms with E-state index in [0.717, 1.165) is 17.5 Å². The van der Waals surface area contributed by atoms with Gasteiger partial charge in [0.05, 0.1) is 0 Å². The molecular formula is C16H24N2Na2O6S. The van der Waals surface area contributed by atoms with E-state index in [-0.39, 0.29) is 69.9 Å². The van der Waals surface area contributed by atoms with Gasteiger partial charge in [0.1, 0.15) is 6.21 Å². The van der Waals surface area contributed by atoms with Crippen LogP contribution < -0.4 is 64.4 Å². The molecule has 8 nitrogen and oxygen atoms in total. The zero-order valence-corrected chi connectivity index (χ0v) is 22.0. The first-order valence-corrected chi connectivity index (χ1v) is 8.69. The second-order valence-electron chi connectivity index (χ2n) is 7.40. The molecule has 0 atom stereocenters. The Kier molecular flexibility index (Phi) is 14.8. The smallest absolute Gasteiger partial charge is 0.759 e. The molecule has 1 amide bonds. The number of anilines is 1. The van der Waals surface area contributed by atoms with Crippen molar-refractivity contribution in [1.82, 2.24) is 0 Å². The maximum Gasteiger partial charge on any atom is 1.00 e. The quantitative estimate of drug-likeness (QED) is 0.127. The summed E-state index contributed by atoms with van der Waals surface area (Å²) in [5.74, 6) is -0.443. The Morgan fingerprint density at radius 3 is 1.85 bits per heavy atom. The Labute approximate surface area is 205 Å². The van der Waals surface area contributed by atoms with Gasteiger partial charge in [0.15, 0.2) is 0 Å². The molecule has 27 heavy (non-hydrogen) atoms. The van der Waals surface area contributed by atoms with E-state index < -0.39 is 16.3 Å². The number of nitrogens with one attached hydrogen (secondary N) is 1. The fraction of sp³-hybridized carbons (Fsp3) is 0.500. The van der Waals surface area contributed by atoms with Gasteiger partial charge in [-0.3, -0.25) is 13.2 Å². The maximum atomic E-state index is 11.6. The van der Waals surface area contributed by atoms with Crippen LogP contribution in [0.5, 0.6) is 0 Å². The minimum atomic E-state index is -5.17. The largest absolute Gasteiger partial charge is 1.00 e. The molecule has 0 spiro atoms. The van der Waals surface area contributed by atoms with Crippen molar-refractivity contribution in [2.75, 3.05) is 5.32 Å². The summed E-state index contributed by atoms with van der Waals surface area (Å²) in [6.45, 7) is 12.8. The van der Waals surface area contributed by atoms with Crippen molar-refractivity contribution in [3.05, 3.63) is 29.3 Å². The van der Waals surface area contributed by atoms with Crippen LogP contribution in [0.3, 0.4) is 0 Å². The van der Waals surface area contributed by atoms with E-state index in [4.69, 9.17) is 22.7 Å². The van der Waals surface area contributed by atoms with E-state index in [9.17, 15) is 4.79 Å². The minimum absolute atomic E-state index is 0. The van der Waals surface area contributed by atoms with Crippen molar-refractivity contribution in [2.24, 2.45) is 5.16 Å². The van der Waals surface area contributed by atoms with Crippen molar-refractivity contribution in [3.8, 4) is 0 Å². The van der Waals surface area contributed by atoms with E-state index in [1.54, 1.807) is 0 Å². The van der Waals surface area contributed by atoms with Crippen LogP contribution in [0, 0.1) is 0 Å². The third-order valence-electron chi connectivity index (χ3n) is 3.13. The SMILES string of the molecule is CC(C)(C)c1ccc(NC(=O)/C=N/O)c(C(C)(C)C)c1.O=S(=O)([O-])[O-].[Na+].[Na+]. The summed E-state index contributed by atoms with van der Waals surface area (Å²) in [6, 6.07) is 6.05. The van der Waals surface area contributed by atoms with Gasteiger partial charge in [-0.25, -0.2) is 0 Å². The van der Waals surface area contributed by atoms with Crippen molar-refractivity contribution in [1.29, 1.82) is 0 Å². The minimum Gasteiger partial charge on any atom is -0.759 e. The predicted molar refractivity (Wildman–Crippen MR) is 93.2 cm³/mol. The molecule has 0 heterocycles. The van der Waals surface area contributed by atoms with Crippen LogP contribution in [0.1, 0.15) is 52.7 Å². The number of carbonyl (C=O) groups is 1. The summed E-state index contributed by atoms with van der Waals surface area (Å²) >= 11 is 0. The number of hydrogen-bond donors (Lipinski definition) is 2. The summed E-state index contributed by atoms with van der Waals surface area (Å²) < 4.78 is 34.1. The maximum absolute atomic E-state index is 11.6. The molecule has 0 fully saturated rings. The molecule has 0 unspecified atom stereocenters. The van der Waals surface area contributed by atoms with Gasteiger partial charge in [0, 0.05) is 16.1 Å². The van der Waals surface area contributed by atoms with Crippen molar-refractivity contribution >= 4 is 28.2 Å². The summed E-state index contributed by atoms with van der Waals surface area (Å²) in [6.07, 6.45) is 0.851. The van der Waals surface area contributed by atoms with Gasteiger partial charge in [0.25, 0.3) is 5.91 Å². The Hall–Kier alpha value is 0.0300. The predicted octanol–water partition coefficient (Wildman–Crippen LogP) is -3.65. The molecule has 0 saturated heterocycles. The number of carbonyl (C=O) groups excluding carboxylic acids is 1. The number of benzene rings is 1.